The van der Waals surface area contributed by atoms with Crippen LogP contribution < -0.4 is 10.2 Å². The summed E-state index contributed by atoms with van der Waals surface area (Å²) in [5, 5.41) is 9.04. The Bertz CT molecular complexity index is 1480. The first-order valence-electron chi connectivity index (χ1n) is 12.4. The first-order valence-corrected chi connectivity index (χ1v) is 12.4. The van der Waals surface area contributed by atoms with Gasteiger partial charge in [-0.25, -0.2) is 4.98 Å². The standard InChI is InChI=1S/C27H24F3N5O3/c1-3-35-23-20(26-9-17(26)12-38-13-21(26)25(35)37)6-15(10-31-23)19-8-18(5-4-14(19)2)33-24(36)16-7-22(27(28,29)30)34-32-11-16/h4-8,10-11,17,21H,3,9,12-13H2,1-2H3,(H,33,36)/t17-,21-,26?/m0/s1. The number of ether oxygens (including phenoxy) is 1. The van der Waals surface area contributed by atoms with Crippen LogP contribution in [0.1, 0.15) is 40.5 Å². The molecule has 2 aliphatic heterocycles. The lowest BCUT2D eigenvalue weighted by Gasteiger charge is -2.41. The summed E-state index contributed by atoms with van der Waals surface area (Å²) in [4.78, 5) is 32.4. The van der Waals surface area contributed by atoms with Gasteiger partial charge in [0.25, 0.3) is 5.91 Å². The Morgan fingerprint density at radius 2 is 2.03 bits per heavy atom. The second-order valence-electron chi connectivity index (χ2n) is 10.0. The minimum absolute atomic E-state index is 0.0580. The van der Waals surface area contributed by atoms with Gasteiger partial charge in [0, 0.05) is 35.0 Å². The molecule has 2 aromatic heterocycles. The zero-order chi connectivity index (χ0) is 26.8. The van der Waals surface area contributed by atoms with Gasteiger partial charge in [0.1, 0.15) is 5.82 Å². The number of hydrogen-bond donors (Lipinski definition) is 1. The molecule has 2 amide bonds. The number of carbonyl (C=O) groups excluding carboxylic acids is 2. The summed E-state index contributed by atoms with van der Waals surface area (Å²) in [6.45, 7) is 5.39. The number of hydrogen-bond acceptors (Lipinski definition) is 6. The Labute approximate surface area is 216 Å². The van der Waals surface area contributed by atoms with Crippen LogP contribution in [-0.4, -0.2) is 46.8 Å². The van der Waals surface area contributed by atoms with Crippen molar-refractivity contribution >= 4 is 23.3 Å². The summed E-state index contributed by atoms with van der Waals surface area (Å²) in [6.07, 6.45) is -1.11. The van der Waals surface area contributed by atoms with Crippen molar-refractivity contribution in [3.05, 3.63) is 65.1 Å². The summed E-state index contributed by atoms with van der Waals surface area (Å²) in [7, 11) is 0. The van der Waals surface area contributed by atoms with E-state index in [0.29, 0.717) is 37.3 Å². The van der Waals surface area contributed by atoms with E-state index in [9.17, 15) is 22.8 Å². The van der Waals surface area contributed by atoms with Gasteiger partial charge >= 0.3 is 6.18 Å². The molecule has 11 heteroatoms. The maximum absolute atomic E-state index is 13.2. The van der Waals surface area contributed by atoms with Crippen LogP contribution >= 0.6 is 0 Å². The van der Waals surface area contributed by atoms with Crippen LogP contribution in [0, 0.1) is 18.8 Å². The molecule has 1 spiro atoms. The number of aryl methyl sites for hydroxylation is 1. The van der Waals surface area contributed by atoms with E-state index in [-0.39, 0.29) is 28.7 Å². The topological polar surface area (TPSA) is 97.3 Å². The van der Waals surface area contributed by atoms with E-state index in [1.165, 1.54) is 0 Å². The molecular formula is C27H24F3N5O3. The van der Waals surface area contributed by atoms with E-state index < -0.39 is 17.8 Å². The number of alkyl halides is 3. The molecule has 3 aliphatic rings. The van der Waals surface area contributed by atoms with E-state index >= 15 is 0 Å². The third-order valence-electron chi connectivity index (χ3n) is 7.90. The molecule has 1 saturated carbocycles. The normalized spacial score (nSPS) is 23.8. The molecule has 1 saturated heterocycles. The van der Waals surface area contributed by atoms with Crippen molar-refractivity contribution in [2.75, 3.05) is 30.0 Å². The minimum Gasteiger partial charge on any atom is -0.380 e. The van der Waals surface area contributed by atoms with Gasteiger partial charge in [-0.05, 0) is 61.6 Å². The highest BCUT2D eigenvalue weighted by molar-refractivity contribution is 6.04. The molecule has 6 rings (SSSR count). The highest BCUT2D eigenvalue weighted by Crippen LogP contribution is 2.65. The zero-order valence-electron chi connectivity index (χ0n) is 20.7. The van der Waals surface area contributed by atoms with Crippen molar-refractivity contribution in [3.8, 4) is 11.1 Å². The van der Waals surface area contributed by atoms with E-state index in [1.807, 2.05) is 19.9 Å². The van der Waals surface area contributed by atoms with Crippen molar-refractivity contribution in [3.63, 3.8) is 0 Å². The SMILES string of the molecule is CCN1C(=O)[C@@H]2COC[C@@H]3CC32c2cc(-c3cc(NC(=O)c4cnnc(C(F)(F)F)c4)ccc3C)cnc21. The molecule has 0 bridgehead atoms. The summed E-state index contributed by atoms with van der Waals surface area (Å²) in [5.74, 6) is 0.0678. The van der Waals surface area contributed by atoms with E-state index in [2.05, 4.69) is 21.6 Å². The van der Waals surface area contributed by atoms with Crippen LogP contribution in [-0.2, 0) is 21.1 Å². The monoisotopic (exact) mass is 523 g/mol. The maximum Gasteiger partial charge on any atom is 0.435 e. The summed E-state index contributed by atoms with van der Waals surface area (Å²) in [5.41, 5.74) is 2.29. The Morgan fingerprint density at radius 1 is 1.21 bits per heavy atom. The van der Waals surface area contributed by atoms with Crippen LogP contribution in [0.25, 0.3) is 11.1 Å². The van der Waals surface area contributed by atoms with Gasteiger partial charge in [-0.15, -0.1) is 5.10 Å². The predicted molar refractivity (Wildman–Crippen MR) is 132 cm³/mol. The number of rotatable bonds is 4. The van der Waals surface area contributed by atoms with Gasteiger partial charge in [0.05, 0.1) is 30.9 Å². The van der Waals surface area contributed by atoms with Crippen LogP contribution in [0.5, 0.6) is 0 Å². The van der Waals surface area contributed by atoms with Gasteiger partial charge in [-0.3, -0.25) is 14.5 Å². The summed E-state index contributed by atoms with van der Waals surface area (Å²) >= 11 is 0. The third kappa shape index (κ3) is 3.75. The summed E-state index contributed by atoms with van der Waals surface area (Å²) < 4.78 is 44.7. The first kappa shape index (κ1) is 24.5. The fourth-order valence-electron chi connectivity index (χ4n) is 5.87. The number of aromatic nitrogens is 3. The molecule has 38 heavy (non-hydrogen) atoms. The van der Waals surface area contributed by atoms with Crippen molar-refractivity contribution < 1.29 is 27.5 Å². The van der Waals surface area contributed by atoms with E-state index in [0.717, 1.165) is 34.9 Å². The Hall–Kier alpha value is -3.86. The van der Waals surface area contributed by atoms with Gasteiger partial charge in [-0.1, -0.05) is 6.07 Å². The molecule has 1 N–H and O–H groups in total. The predicted octanol–water partition coefficient (Wildman–Crippen LogP) is 4.39. The average Bonchev–Trinajstić information content (AvgIpc) is 3.65. The number of pyridine rings is 1. The second kappa shape index (κ2) is 8.59. The highest BCUT2D eigenvalue weighted by Gasteiger charge is 2.67. The van der Waals surface area contributed by atoms with Crippen LogP contribution in [0.3, 0.4) is 0 Å². The quantitative estimate of drug-likeness (QED) is 0.545. The van der Waals surface area contributed by atoms with Crippen LogP contribution in [0.15, 0.2) is 42.7 Å². The summed E-state index contributed by atoms with van der Waals surface area (Å²) in [6, 6.07) is 8.04. The minimum atomic E-state index is -4.71. The number of nitrogens with zero attached hydrogens (tertiary/aromatic N) is 4. The number of halogens is 3. The van der Waals surface area contributed by atoms with E-state index in [4.69, 9.17) is 9.72 Å². The van der Waals surface area contributed by atoms with E-state index in [1.54, 1.807) is 23.2 Å². The number of amides is 2. The molecular weight excluding hydrogens is 499 g/mol. The lowest BCUT2D eigenvalue weighted by atomic mass is 9.75. The molecule has 1 aliphatic carbocycles. The van der Waals surface area contributed by atoms with Crippen molar-refractivity contribution in [1.29, 1.82) is 0 Å². The molecule has 196 valence electrons. The Kier molecular flexibility index (Phi) is 5.53. The first-order chi connectivity index (χ1) is 18.1. The zero-order valence-corrected chi connectivity index (χ0v) is 20.7. The van der Waals surface area contributed by atoms with Crippen molar-refractivity contribution in [2.24, 2.45) is 11.8 Å². The molecule has 4 heterocycles. The Morgan fingerprint density at radius 3 is 2.79 bits per heavy atom. The molecule has 3 aromatic rings. The average molecular weight is 524 g/mol. The van der Waals surface area contributed by atoms with Crippen LogP contribution in [0.2, 0.25) is 0 Å². The fraction of sp³-hybridized carbons (Fsp3) is 0.370. The maximum atomic E-state index is 13.2. The number of fused-ring (bicyclic) bond motifs is 1. The molecule has 1 aromatic carbocycles. The van der Waals surface area contributed by atoms with Gasteiger partial charge in [0.15, 0.2) is 5.69 Å². The Balaban J connectivity index is 1.34. The lowest BCUT2D eigenvalue weighted by molar-refractivity contribution is -0.141. The smallest absolute Gasteiger partial charge is 0.380 e. The lowest BCUT2D eigenvalue weighted by Crippen LogP contribution is -2.51. The number of anilines is 2. The molecule has 1 unspecified atom stereocenters. The fourth-order valence-corrected chi connectivity index (χ4v) is 5.87. The number of nitrogens with one attached hydrogen (secondary N) is 1. The molecule has 0 radical (unpaired) electrons. The largest absolute Gasteiger partial charge is 0.435 e. The van der Waals surface area contributed by atoms with Crippen molar-refractivity contribution in [2.45, 2.75) is 31.9 Å². The number of benzene rings is 1. The third-order valence-corrected chi connectivity index (χ3v) is 7.90. The van der Waals surface area contributed by atoms with Gasteiger partial charge in [-0.2, -0.15) is 18.3 Å². The second-order valence-corrected chi connectivity index (χ2v) is 10.0. The molecule has 8 nitrogen and oxygen atoms in total. The van der Waals surface area contributed by atoms with Gasteiger partial charge < -0.3 is 10.1 Å². The van der Waals surface area contributed by atoms with Gasteiger partial charge in [0.2, 0.25) is 5.91 Å². The highest BCUT2D eigenvalue weighted by atomic mass is 19.4. The molecule has 3 atom stereocenters. The van der Waals surface area contributed by atoms with Crippen LogP contribution in [0.4, 0.5) is 24.7 Å². The number of carbonyl (C=O) groups is 2. The molecule has 2 fully saturated rings. The van der Waals surface area contributed by atoms with Crippen molar-refractivity contribution in [1.82, 2.24) is 15.2 Å².